The first-order valence-electron chi connectivity index (χ1n) is 6.48. The fraction of sp³-hybridized carbons (Fsp3) is 0.188. The second-order valence-corrected chi connectivity index (χ2v) is 5.70. The van der Waals surface area contributed by atoms with Crippen LogP contribution in [-0.4, -0.2) is 17.1 Å². The van der Waals surface area contributed by atoms with Crippen LogP contribution < -0.4 is 5.32 Å². The zero-order valence-corrected chi connectivity index (χ0v) is 13.4. The molecular formula is C16H16ClFN2S. The molecule has 0 unspecified atom stereocenters. The maximum absolute atomic E-state index is 13.5. The molecule has 110 valence electrons. The van der Waals surface area contributed by atoms with E-state index in [9.17, 15) is 4.39 Å². The third kappa shape index (κ3) is 4.41. The van der Waals surface area contributed by atoms with Gasteiger partial charge in [-0.05, 0) is 54.5 Å². The Kier molecular flexibility index (Phi) is 5.15. The summed E-state index contributed by atoms with van der Waals surface area (Å²) in [6.45, 7) is 2.38. The minimum Gasteiger partial charge on any atom is -0.348 e. The van der Waals surface area contributed by atoms with Crippen molar-refractivity contribution in [3.63, 3.8) is 0 Å². The Morgan fingerprint density at radius 1 is 1.24 bits per heavy atom. The van der Waals surface area contributed by atoms with E-state index in [1.165, 1.54) is 6.07 Å². The number of halogens is 2. The molecule has 0 bridgehead atoms. The topological polar surface area (TPSA) is 15.3 Å². The van der Waals surface area contributed by atoms with Crippen molar-refractivity contribution < 1.29 is 4.39 Å². The SMILES string of the molecule is Cc1ccc(NC(=S)N(C)Cc2ccc(Cl)cc2)cc1F. The Morgan fingerprint density at radius 3 is 2.52 bits per heavy atom. The summed E-state index contributed by atoms with van der Waals surface area (Å²) in [7, 11) is 1.88. The van der Waals surface area contributed by atoms with Crippen molar-refractivity contribution in [2.75, 3.05) is 12.4 Å². The largest absolute Gasteiger partial charge is 0.348 e. The Hall–Kier alpha value is -1.65. The molecule has 2 nitrogen and oxygen atoms in total. The number of anilines is 1. The van der Waals surface area contributed by atoms with Crippen molar-refractivity contribution >= 4 is 34.6 Å². The summed E-state index contributed by atoms with van der Waals surface area (Å²) in [6, 6.07) is 12.6. The number of thiocarbonyl (C=S) groups is 1. The van der Waals surface area contributed by atoms with Gasteiger partial charge in [0.1, 0.15) is 5.82 Å². The summed E-state index contributed by atoms with van der Waals surface area (Å²) in [5.41, 5.74) is 2.35. The van der Waals surface area contributed by atoms with Gasteiger partial charge < -0.3 is 10.2 Å². The molecule has 1 N–H and O–H groups in total. The molecule has 0 aliphatic rings. The Labute approximate surface area is 134 Å². The number of nitrogens with zero attached hydrogens (tertiary/aromatic N) is 1. The molecule has 21 heavy (non-hydrogen) atoms. The van der Waals surface area contributed by atoms with Crippen molar-refractivity contribution in [3.8, 4) is 0 Å². The van der Waals surface area contributed by atoms with E-state index in [4.69, 9.17) is 23.8 Å². The lowest BCUT2D eigenvalue weighted by atomic mass is 10.2. The van der Waals surface area contributed by atoms with Gasteiger partial charge in [0.2, 0.25) is 0 Å². The Morgan fingerprint density at radius 2 is 1.90 bits per heavy atom. The van der Waals surface area contributed by atoms with Crippen LogP contribution in [0.25, 0.3) is 0 Å². The van der Waals surface area contributed by atoms with E-state index in [1.54, 1.807) is 19.1 Å². The van der Waals surface area contributed by atoms with E-state index in [2.05, 4.69) is 5.32 Å². The predicted molar refractivity (Wildman–Crippen MR) is 90.3 cm³/mol. The van der Waals surface area contributed by atoms with Crippen molar-refractivity contribution in [1.82, 2.24) is 4.90 Å². The highest BCUT2D eigenvalue weighted by Gasteiger charge is 2.07. The van der Waals surface area contributed by atoms with Crippen LogP contribution in [0, 0.1) is 12.7 Å². The first-order chi connectivity index (χ1) is 9.95. The molecule has 0 aliphatic heterocycles. The van der Waals surface area contributed by atoms with Gasteiger partial charge in [0.25, 0.3) is 0 Å². The summed E-state index contributed by atoms with van der Waals surface area (Å²) >= 11 is 11.2. The van der Waals surface area contributed by atoms with Crippen molar-refractivity contribution in [3.05, 3.63) is 64.4 Å². The first-order valence-corrected chi connectivity index (χ1v) is 7.27. The van der Waals surface area contributed by atoms with Crippen LogP contribution in [0.2, 0.25) is 5.02 Å². The average molecular weight is 323 g/mol. The maximum atomic E-state index is 13.5. The maximum Gasteiger partial charge on any atom is 0.173 e. The van der Waals surface area contributed by atoms with Gasteiger partial charge in [-0.2, -0.15) is 0 Å². The van der Waals surface area contributed by atoms with Gasteiger partial charge in [-0.1, -0.05) is 29.8 Å². The summed E-state index contributed by atoms with van der Waals surface area (Å²) in [4.78, 5) is 1.89. The van der Waals surface area contributed by atoms with Crippen LogP contribution in [0.5, 0.6) is 0 Å². The minimum atomic E-state index is -0.247. The number of hydrogen-bond donors (Lipinski definition) is 1. The molecule has 0 saturated carbocycles. The first kappa shape index (κ1) is 15.7. The van der Waals surface area contributed by atoms with Gasteiger partial charge in [-0.15, -0.1) is 0 Å². The standard InChI is InChI=1S/C16H16ClFN2S/c1-11-3-8-14(9-15(11)18)19-16(21)20(2)10-12-4-6-13(17)7-5-12/h3-9H,10H2,1-2H3,(H,19,21). The second kappa shape index (κ2) is 6.87. The molecule has 0 radical (unpaired) electrons. The molecule has 0 fully saturated rings. The van der Waals surface area contributed by atoms with Gasteiger partial charge >= 0.3 is 0 Å². The van der Waals surface area contributed by atoms with Crippen LogP contribution >= 0.6 is 23.8 Å². The Balaban J connectivity index is 1.98. The van der Waals surface area contributed by atoms with Gasteiger partial charge in [0, 0.05) is 24.3 Å². The highest BCUT2D eigenvalue weighted by Crippen LogP contribution is 2.15. The van der Waals surface area contributed by atoms with Gasteiger partial charge in [-0.3, -0.25) is 0 Å². The summed E-state index contributed by atoms with van der Waals surface area (Å²) < 4.78 is 13.5. The number of nitrogens with one attached hydrogen (secondary N) is 1. The lowest BCUT2D eigenvalue weighted by Gasteiger charge is -2.21. The lowest BCUT2D eigenvalue weighted by molar-refractivity contribution is 0.508. The average Bonchev–Trinajstić information content (AvgIpc) is 2.45. The molecule has 0 saturated heterocycles. The van der Waals surface area contributed by atoms with Crippen molar-refractivity contribution in [1.29, 1.82) is 0 Å². The van der Waals surface area contributed by atoms with Crippen molar-refractivity contribution in [2.45, 2.75) is 13.5 Å². The fourth-order valence-electron chi connectivity index (χ4n) is 1.82. The van der Waals surface area contributed by atoms with Crippen molar-refractivity contribution in [2.24, 2.45) is 0 Å². The molecule has 0 amide bonds. The molecule has 2 aromatic rings. The van der Waals surface area contributed by atoms with E-state index < -0.39 is 0 Å². The van der Waals surface area contributed by atoms with Crippen LogP contribution in [-0.2, 0) is 6.54 Å². The molecule has 2 rings (SSSR count). The molecule has 0 aromatic heterocycles. The lowest BCUT2D eigenvalue weighted by Crippen LogP contribution is -2.30. The number of rotatable bonds is 3. The molecule has 0 spiro atoms. The molecule has 0 atom stereocenters. The zero-order chi connectivity index (χ0) is 15.4. The highest BCUT2D eigenvalue weighted by molar-refractivity contribution is 7.80. The molecule has 0 aliphatic carbocycles. The van der Waals surface area contributed by atoms with E-state index in [0.717, 1.165) is 5.56 Å². The Bertz CT molecular complexity index is 643. The van der Waals surface area contributed by atoms with Crippen LogP contribution in [0.1, 0.15) is 11.1 Å². The van der Waals surface area contributed by atoms with E-state index in [0.29, 0.717) is 27.9 Å². The van der Waals surface area contributed by atoms with E-state index in [1.807, 2.05) is 36.2 Å². The van der Waals surface area contributed by atoms with Crippen LogP contribution in [0.4, 0.5) is 10.1 Å². The smallest absolute Gasteiger partial charge is 0.173 e. The molecule has 5 heteroatoms. The quantitative estimate of drug-likeness (QED) is 0.830. The van der Waals surface area contributed by atoms with Gasteiger partial charge in [0.15, 0.2) is 5.11 Å². The minimum absolute atomic E-state index is 0.247. The third-order valence-electron chi connectivity index (χ3n) is 3.10. The molecule has 2 aromatic carbocycles. The zero-order valence-electron chi connectivity index (χ0n) is 11.9. The predicted octanol–water partition coefficient (Wildman–Crippen LogP) is 4.62. The van der Waals surface area contributed by atoms with Gasteiger partial charge in [0.05, 0.1) is 0 Å². The number of benzene rings is 2. The van der Waals surface area contributed by atoms with E-state index in [-0.39, 0.29) is 5.82 Å². The highest BCUT2D eigenvalue weighted by atomic mass is 35.5. The summed E-state index contributed by atoms with van der Waals surface area (Å²) in [6.07, 6.45) is 0. The van der Waals surface area contributed by atoms with Gasteiger partial charge in [-0.25, -0.2) is 4.39 Å². The third-order valence-corrected chi connectivity index (χ3v) is 3.77. The summed E-state index contributed by atoms with van der Waals surface area (Å²) in [5.74, 6) is -0.247. The monoisotopic (exact) mass is 322 g/mol. The van der Waals surface area contributed by atoms with E-state index >= 15 is 0 Å². The van der Waals surface area contributed by atoms with Crippen LogP contribution in [0.15, 0.2) is 42.5 Å². The normalized spacial score (nSPS) is 10.3. The molecule has 0 heterocycles. The van der Waals surface area contributed by atoms with Crippen LogP contribution in [0.3, 0.4) is 0 Å². The summed E-state index contributed by atoms with van der Waals surface area (Å²) in [5, 5.41) is 4.27. The second-order valence-electron chi connectivity index (χ2n) is 4.88. The number of hydrogen-bond acceptors (Lipinski definition) is 1. The fourth-order valence-corrected chi connectivity index (χ4v) is 2.13. The number of aryl methyl sites for hydroxylation is 1. The molecular weight excluding hydrogens is 307 g/mol.